The second kappa shape index (κ2) is 8.69. The number of ether oxygens (including phenoxy) is 1. The van der Waals surface area contributed by atoms with E-state index in [-0.39, 0.29) is 31.0 Å². The van der Waals surface area contributed by atoms with Crippen LogP contribution in [0.5, 0.6) is 5.75 Å². The van der Waals surface area contributed by atoms with Crippen LogP contribution in [-0.2, 0) is 4.79 Å². The van der Waals surface area contributed by atoms with Crippen molar-refractivity contribution in [3.8, 4) is 5.75 Å². The first-order valence-corrected chi connectivity index (χ1v) is 7.45. The maximum absolute atomic E-state index is 12.2. The van der Waals surface area contributed by atoms with Crippen LogP contribution in [0.3, 0.4) is 0 Å². The van der Waals surface area contributed by atoms with Crippen LogP contribution in [0.25, 0.3) is 0 Å². The molecular formula is C14H19Cl3N2O2. The highest BCUT2D eigenvalue weighted by Crippen LogP contribution is 2.26. The zero-order valence-corrected chi connectivity index (χ0v) is 13.9. The zero-order chi connectivity index (χ0) is 14.5. The number of carbonyl (C=O) groups excluding carboxylic acids is 1. The second-order valence-electron chi connectivity index (χ2n) is 4.84. The zero-order valence-electron chi connectivity index (χ0n) is 11.6. The van der Waals surface area contributed by atoms with Gasteiger partial charge in [-0.25, -0.2) is 0 Å². The van der Waals surface area contributed by atoms with E-state index in [9.17, 15) is 4.79 Å². The average molecular weight is 354 g/mol. The molecule has 1 amide bonds. The van der Waals surface area contributed by atoms with Crippen molar-refractivity contribution >= 4 is 41.5 Å². The Morgan fingerprint density at radius 3 is 2.76 bits per heavy atom. The summed E-state index contributed by atoms with van der Waals surface area (Å²) in [5.41, 5.74) is 5.71. The van der Waals surface area contributed by atoms with Crippen molar-refractivity contribution in [3.63, 3.8) is 0 Å². The smallest absolute Gasteiger partial charge is 0.260 e. The van der Waals surface area contributed by atoms with Crippen LogP contribution in [0.2, 0.25) is 10.0 Å². The molecule has 1 heterocycles. The summed E-state index contributed by atoms with van der Waals surface area (Å²) < 4.78 is 5.47. The second-order valence-corrected chi connectivity index (χ2v) is 5.65. The molecule has 7 heteroatoms. The lowest BCUT2D eigenvalue weighted by atomic mass is 10.0. The summed E-state index contributed by atoms with van der Waals surface area (Å²) in [5, 5.41) is 0.874. The molecule has 0 aromatic heterocycles. The van der Waals surface area contributed by atoms with Gasteiger partial charge in [-0.05, 0) is 31.4 Å². The molecule has 1 saturated heterocycles. The Balaban J connectivity index is 0.00000220. The quantitative estimate of drug-likeness (QED) is 0.904. The van der Waals surface area contributed by atoms with Gasteiger partial charge in [0.1, 0.15) is 5.75 Å². The number of rotatable bonds is 4. The van der Waals surface area contributed by atoms with Gasteiger partial charge < -0.3 is 15.4 Å². The molecule has 0 saturated carbocycles. The van der Waals surface area contributed by atoms with Gasteiger partial charge in [-0.3, -0.25) is 4.79 Å². The third kappa shape index (κ3) is 4.92. The third-order valence-electron chi connectivity index (χ3n) is 3.47. The number of hydrogen-bond donors (Lipinski definition) is 1. The van der Waals surface area contributed by atoms with Crippen LogP contribution in [0, 0.1) is 0 Å². The first-order valence-electron chi connectivity index (χ1n) is 6.69. The van der Waals surface area contributed by atoms with E-state index in [1.807, 2.05) is 4.90 Å². The Morgan fingerprint density at radius 1 is 1.33 bits per heavy atom. The molecule has 0 aliphatic carbocycles. The Morgan fingerprint density at radius 2 is 2.10 bits per heavy atom. The van der Waals surface area contributed by atoms with E-state index in [2.05, 4.69) is 0 Å². The molecule has 2 N–H and O–H groups in total. The fourth-order valence-electron chi connectivity index (χ4n) is 2.37. The number of halogens is 3. The largest absolute Gasteiger partial charge is 0.484 e. The number of carbonyl (C=O) groups is 1. The maximum atomic E-state index is 12.2. The number of benzene rings is 1. The minimum absolute atomic E-state index is 0. The van der Waals surface area contributed by atoms with Crippen molar-refractivity contribution in [2.45, 2.75) is 25.3 Å². The Kier molecular flexibility index (Phi) is 7.60. The lowest BCUT2D eigenvalue weighted by Crippen LogP contribution is -2.49. The van der Waals surface area contributed by atoms with E-state index in [0.29, 0.717) is 22.3 Å². The van der Waals surface area contributed by atoms with Crippen LogP contribution >= 0.6 is 35.6 Å². The van der Waals surface area contributed by atoms with Crippen molar-refractivity contribution in [2.24, 2.45) is 5.73 Å². The number of amides is 1. The van der Waals surface area contributed by atoms with Crippen molar-refractivity contribution < 1.29 is 9.53 Å². The van der Waals surface area contributed by atoms with Crippen molar-refractivity contribution in [2.75, 3.05) is 19.7 Å². The van der Waals surface area contributed by atoms with Gasteiger partial charge in [0.15, 0.2) is 6.61 Å². The van der Waals surface area contributed by atoms with Crippen LogP contribution in [0.4, 0.5) is 0 Å². The van der Waals surface area contributed by atoms with E-state index < -0.39 is 0 Å². The summed E-state index contributed by atoms with van der Waals surface area (Å²) in [5.74, 6) is 0.500. The monoisotopic (exact) mass is 352 g/mol. The molecule has 1 aromatic carbocycles. The topological polar surface area (TPSA) is 55.6 Å². The van der Waals surface area contributed by atoms with Crippen molar-refractivity contribution in [1.29, 1.82) is 0 Å². The van der Waals surface area contributed by atoms with E-state index >= 15 is 0 Å². The van der Waals surface area contributed by atoms with Crippen LogP contribution in [-0.4, -0.2) is 36.5 Å². The van der Waals surface area contributed by atoms with Crippen LogP contribution in [0.1, 0.15) is 19.3 Å². The van der Waals surface area contributed by atoms with Crippen molar-refractivity contribution in [3.05, 3.63) is 28.2 Å². The number of piperidine rings is 1. The lowest BCUT2D eigenvalue weighted by molar-refractivity contribution is -0.136. The summed E-state index contributed by atoms with van der Waals surface area (Å²) in [6.07, 6.45) is 3.11. The number of nitrogens with two attached hydrogens (primary N) is 1. The van der Waals surface area contributed by atoms with Gasteiger partial charge in [-0.1, -0.05) is 23.2 Å². The number of likely N-dealkylation sites (tertiary alicyclic amines) is 1. The fourth-order valence-corrected chi connectivity index (χ4v) is 2.66. The minimum atomic E-state index is -0.0359. The maximum Gasteiger partial charge on any atom is 0.260 e. The highest BCUT2D eigenvalue weighted by molar-refractivity contribution is 6.42. The molecule has 0 bridgehead atoms. The molecule has 0 radical (unpaired) electrons. The van der Waals surface area contributed by atoms with Gasteiger partial charge in [-0.2, -0.15) is 0 Å². The fraction of sp³-hybridized carbons (Fsp3) is 0.500. The van der Waals surface area contributed by atoms with Gasteiger partial charge in [0.05, 0.1) is 10.0 Å². The van der Waals surface area contributed by atoms with E-state index in [1.165, 1.54) is 0 Å². The predicted octanol–water partition coefficient (Wildman–Crippen LogP) is 3.13. The molecule has 1 aliphatic rings. The molecule has 1 aromatic rings. The number of hydrogen-bond acceptors (Lipinski definition) is 3. The van der Waals surface area contributed by atoms with Gasteiger partial charge in [0.2, 0.25) is 0 Å². The predicted molar refractivity (Wildman–Crippen MR) is 87.6 cm³/mol. The normalized spacial score (nSPS) is 18.0. The van der Waals surface area contributed by atoms with Crippen molar-refractivity contribution in [1.82, 2.24) is 4.90 Å². The standard InChI is InChI=1S/C14H18Cl2N2O2.ClH/c15-12-5-4-11(7-13(12)16)20-9-14(19)18-6-2-1-3-10(18)8-17;/h4-5,7,10H,1-3,6,8-9,17H2;1H. The number of nitrogens with zero attached hydrogens (tertiary/aromatic N) is 1. The van der Waals surface area contributed by atoms with E-state index in [1.54, 1.807) is 18.2 Å². The molecule has 2 rings (SSSR count). The Hall–Kier alpha value is -0.680. The van der Waals surface area contributed by atoms with Gasteiger partial charge in [0, 0.05) is 25.2 Å². The minimum Gasteiger partial charge on any atom is -0.484 e. The Labute approximate surface area is 140 Å². The molecule has 1 fully saturated rings. The van der Waals surface area contributed by atoms with Crippen LogP contribution in [0.15, 0.2) is 18.2 Å². The lowest BCUT2D eigenvalue weighted by Gasteiger charge is -2.34. The van der Waals surface area contributed by atoms with E-state index in [4.69, 9.17) is 33.7 Å². The third-order valence-corrected chi connectivity index (χ3v) is 4.21. The molecule has 4 nitrogen and oxygen atoms in total. The van der Waals surface area contributed by atoms with Gasteiger partial charge >= 0.3 is 0 Å². The molecular weight excluding hydrogens is 335 g/mol. The summed E-state index contributed by atoms with van der Waals surface area (Å²) >= 11 is 11.7. The summed E-state index contributed by atoms with van der Waals surface area (Å²) in [4.78, 5) is 14.0. The molecule has 0 spiro atoms. The molecule has 1 aliphatic heterocycles. The van der Waals surface area contributed by atoms with Gasteiger partial charge in [-0.15, -0.1) is 12.4 Å². The highest BCUT2D eigenvalue weighted by atomic mass is 35.5. The summed E-state index contributed by atoms with van der Waals surface area (Å²) in [6, 6.07) is 5.08. The molecule has 21 heavy (non-hydrogen) atoms. The summed E-state index contributed by atoms with van der Waals surface area (Å²) in [6.45, 7) is 1.25. The Bertz CT molecular complexity index is 485. The molecule has 1 atom stereocenters. The SMILES string of the molecule is Cl.NCC1CCCCN1C(=O)COc1ccc(Cl)c(Cl)c1. The van der Waals surface area contributed by atoms with Crippen LogP contribution < -0.4 is 10.5 Å². The highest BCUT2D eigenvalue weighted by Gasteiger charge is 2.25. The molecule has 1 unspecified atom stereocenters. The summed E-state index contributed by atoms with van der Waals surface area (Å²) in [7, 11) is 0. The first kappa shape index (κ1) is 18.4. The molecule has 118 valence electrons. The van der Waals surface area contributed by atoms with Gasteiger partial charge in [0.25, 0.3) is 5.91 Å². The van der Waals surface area contributed by atoms with E-state index in [0.717, 1.165) is 25.8 Å². The average Bonchev–Trinajstić information content (AvgIpc) is 2.48. The first-order chi connectivity index (χ1) is 9.61.